The van der Waals surface area contributed by atoms with Gasteiger partial charge in [-0.05, 0) is 76.7 Å². The van der Waals surface area contributed by atoms with Gasteiger partial charge in [0.15, 0.2) is 4.67 Å². The zero-order chi connectivity index (χ0) is 39.3. The van der Waals surface area contributed by atoms with Gasteiger partial charge in [0.2, 0.25) is 0 Å². The first-order chi connectivity index (χ1) is 28.0. The Morgan fingerprint density at radius 2 is 1.07 bits per heavy atom. The molecule has 8 aromatic rings. The van der Waals surface area contributed by atoms with E-state index in [-0.39, 0.29) is 11.1 Å². The molecule has 0 bridgehead atoms. The first kappa shape index (κ1) is 39.2. The Morgan fingerprint density at radius 3 is 1.60 bits per heavy atom. The average molecular weight is 828 g/mol. The van der Waals surface area contributed by atoms with E-state index in [9.17, 15) is 4.79 Å². The van der Waals surface area contributed by atoms with Gasteiger partial charge in [-0.3, -0.25) is 18.4 Å². The maximum atomic E-state index is 15.1. The average Bonchev–Trinajstić information content (AvgIpc) is 3.92. The number of ether oxygens (including phenoxy) is 1. The molecule has 7 heteroatoms. The second-order valence-electron chi connectivity index (χ2n) is 16.1. The molecule has 5 heterocycles. The van der Waals surface area contributed by atoms with E-state index in [0.717, 1.165) is 54.9 Å². The third kappa shape index (κ3) is 7.72. The molecular formula is C50H55BrN2O4. The number of nitrogens with zero attached hydrogens (tertiary/aromatic N) is 2. The van der Waals surface area contributed by atoms with Crippen LogP contribution in [0.4, 0.5) is 0 Å². The van der Waals surface area contributed by atoms with E-state index in [4.69, 9.17) is 9.15 Å². The number of benzene rings is 3. The lowest BCUT2D eigenvalue weighted by atomic mass is 9.94. The lowest BCUT2D eigenvalue weighted by Crippen LogP contribution is -2.19. The summed E-state index contributed by atoms with van der Waals surface area (Å²) in [6.07, 6.45) is 21.0. The van der Waals surface area contributed by atoms with Gasteiger partial charge < -0.3 is 9.15 Å². The van der Waals surface area contributed by atoms with Crippen molar-refractivity contribution in [2.45, 2.75) is 117 Å². The fourth-order valence-electron chi connectivity index (χ4n) is 9.26. The van der Waals surface area contributed by atoms with Crippen LogP contribution in [-0.2, 0) is 0 Å². The van der Waals surface area contributed by atoms with Crippen LogP contribution < -0.4 is 15.9 Å². The van der Waals surface area contributed by atoms with Crippen molar-refractivity contribution in [3.63, 3.8) is 0 Å². The van der Waals surface area contributed by atoms with Gasteiger partial charge in [-0.15, -0.1) is 0 Å². The van der Waals surface area contributed by atoms with Crippen molar-refractivity contribution in [1.29, 1.82) is 0 Å². The second-order valence-corrected chi connectivity index (χ2v) is 16.9. The molecule has 0 spiro atoms. The normalized spacial score (nSPS) is 12.7. The molecule has 8 rings (SSSR count). The van der Waals surface area contributed by atoms with Crippen LogP contribution in [0.5, 0.6) is 5.75 Å². The molecule has 3 aromatic carbocycles. The molecule has 0 aliphatic rings. The van der Waals surface area contributed by atoms with Gasteiger partial charge in [0, 0.05) is 21.5 Å². The highest BCUT2D eigenvalue weighted by Gasteiger charge is 2.30. The van der Waals surface area contributed by atoms with Gasteiger partial charge >= 0.3 is 0 Å². The topological polar surface area (TPSA) is 65.3 Å². The third-order valence-corrected chi connectivity index (χ3v) is 12.6. The van der Waals surface area contributed by atoms with Crippen molar-refractivity contribution >= 4 is 59.5 Å². The predicted octanol–water partition coefficient (Wildman–Crippen LogP) is 14.2. The fourth-order valence-corrected chi connectivity index (χ4v) is 9.57. The first-order valence-electron chi connectivity index (χ1n) is 21.6. The van der Waals surface area contributed by atoms with E-state index < -0.39 is 0 Å². The van der Waals surface area contributed by atoms with Crippen molar-refractivity contribution < 1.29 is 9.15 Å². The van der Waals surface area contributed by atoms with E-state index in [1.54, 1.807) is 10.5 Å². The van der Waals surface area contributed by atoms with Crippen LogP contribution in [0.1, 0.15) is 117 Å². The Kier molecular flexibility index (Phi) is 12.3. The molecule has 57 heavy (non-hydrogen) atoms. The number of pyridine rings is 2. The van der Waals surface area contributed by atoms with E-state index in [1.807, 2.05) is 83.3 Å². The zero-order valence-corrected chi connectivity index (χ0v) is 35.2. The predicted molar refractivity (Wildman–Crippen MR) is 241 cm³/mol. The van der Waals surface area contributed by atoms with Crippen LogP contribution in [0.2, 0.25) is 0 Å². The van der Waals surface area contributed by atoms with Gasteiger partial charge in [-0.25, -0.2) is 0 Å². The fraction of sp³-hybridized carbons (Fsp3) is 0.400. The van der Waals surface area contributed by atoms with Crippen LogP contribution in [0.15, 0.2) is 104 Å². The molecule has 0 amide bonds. The van der Waals surface area contributed by atoms with E-state index >= 15 is 4.79 Å². The number of hydrogen-bond donors (Lipinski definition) is 0. The Labute approximate surface area is 343 Å². The van der Waals surface area contributed by atoms with Gasteiger partial charge in [-0.2, -0.15) is 0 Å². The minimum atomic E-state index is -0.176. The minimum absolute atomic E-state index is 0.116. The minimum Gasteiger partial charge on any atom is -0.493 e. The Balaban J connectivity index is 1.12. The van der Waals surface area contributed by atoms with Crippen molar-refractivity contribution in [1.82, 2.24) is 8.80 Å². The van der Waals surface area contributed by atoms with Gasteiger partial charge in [0.05, 0.1) is 39.8 Å². The Morgan fingerprint density at radius 1 is 0.579 bits per heavy atom. The lowest BCUT2D eigenvalue weighted by Gasteiger charge is -2.18. The van der Waals surface area contributed by atoms with Crippen LogP contribution in [0.25, 0.3) is 66.1 Å². The van der Waals surface area contributed by atoms with Crippen molar-refractivity contribution in [3.05, 3.63) is 110 Å². The Hall–Kier alpha value is -4.62. The highest BCUT2D eigenvalue weighted by atomic mass is 79.9. The van der Waals surface area contributed by atoms with Crippen LogP contribution in [-0.4, -0.2) is 15.4 Å². The summed E-state index contributed by atoms with van der Waals surface area (Å²) in [4.78, 5) is 29.9. The molecule has 0 saturated carbocycles. The highest BCUT2D eigenvalue weighted by molar-refractivity contribution is 9.10. The van der Waals surface area contributed by atoms with Crippen LogP contribution >= 0.6 is 15.9 Å². The summed E-state index contributed by atoms with van der Waals surface area (Å²) in [5.41, 5.74) is 4.54. The summed E-state index contributed by atoms with van der Waals surface area (Å²) in [7, 11) is 0. The number of furan rings is 1. The highest BCUT2D eigenvalue weighted by Crippen LogP contribution is 2.44. The first-order valence-corrected chi connectivity index (χ1v) is 22.4. The van der Waals surface area contributed by atoms with Crippen LogP contribution in [0.3, 0.4) is 0 Å². The summed E-state index contributed by atoms with van der Waals surface area (Å²) >= 11 is 3.44. The number of rotatable bonds is 21. The molecule has 1 atom stereocenters. The monoisotopic (exact) mass is 826 g/mol. The number of para-hydroxylation sites is 2. The molecule has 1 unspecified atom stereocenters. The summed E-state index contributed by atoms with van der Waals surface area (Å²) < 4.78 is 16.7. The third-order valence-electron chi connectivity index (χ3n) is 12.2. The van der Waals surface area contributed by atoms with Gasteiger partial charge in [0.25, 0.3) is 11.1 Å². The number of fused-ring (bicyclic) bond motifs is 6. The maximum absolute atomic E-state index is 15.1. The van der Waals surface area contributed by atoms with Crippen molar-refractivity contribution in [3.8, 4) is 28.2 Å². The van der Waals surface area contributed by atoms with E-state index in [1.165, 1.54) is 103 Å². The molecule has 6 nitrogen and oxygen atoms in total. The van der Waals surface area contributed by atoms with Gasteiger partial charge in [0.1, 0.15) is 11.5 Å². The molecular weight excluding hydrogens is 772 g/mol. The number of unbranched alkanes of at least 4 members (excludes halogenated alkanes) is 12. The van der Waals surface area contributed by atoms with Gasteiger partial charge in [-0.1, -0.05) is 152 Å². The molecule has 0 fully saturated rings. The molecule has 0 aliphatic heterocycles. The number of hydrogen-bond acceptors (Lipinski definition) is 4. The van der Waals surface area contributed by atoms with E-state index in [0.29, 0.717) is 34.1 Å². The summed E-state index contributed by atoms with van der Waals surface area (Å²) in [5.74, 6) is 1.82. The summed E-state index contributed by atoms with van der Waals surface area (Å²) in [5, 5.41) is 3.23. The molecule has 0 radical (unpaired) electrons. The molecule has 296 valence electrons. The number of halogens is 1. The standard InChI is InChI=1S/C50H55BrN2O4/c1-3-5-7-9-11-12-14-16-22-34(21-15-13-10-8-6-4-2)33-56-36-29-27-35(28-30-36)43-44-37-23-17-19-25-39(37)53-47(44)48-45(46(50(53)55)41-31-32-42(51)57-41)38-24-18-20-26-40(38)52(48)49(43)54/h17-20,23-32,34H,3-16,21-22,33H2,1-2H3. The summed E-state index contributed by atoms with van der Waals surface area (Å²) in [6, 6.07) is 27.4. The summed E-state index contributed by atoms with van der Waals surface area (Å²) in [6.45, 7) is 5.27. The number of aromatic nitrogens is 2. The molecule has 0 saturated heterocycles. The molecule has 5 aromatic heterocycles. The maximum Gasteiger partial charge on any atom is 0.267 e. The quantitative estimate of drug-likeness (QED) is 0.0677. The largest absolute Gasteiger partial charge is 0.493 e. The second kappa shape index (κ2) is 17.9. The van der Waals surface area contributed by atoms with E-state index in [2.05, 4.69) is 29.8 Å². The molecule has 0 aliphatic carbocycles. The molecule has 0 N–H and O–H groups in total. The lowest BCUT2D eigenvalue weighted by molar-refractivity contribution is 0.224. The Bertz CT molecular complexity index is 2680. The SMILES string of the molecule is CCCCCCCCCCC(CCCCCCCC)COc1ccc(-c2c(=O)n3c4ccccc4c4c(-c5ccc(Br)o5)c(=O)n5c6ccccc6c2c5c43)cc1. The van der Waals surface area contributed by atoms with Crippen LogP contribution in [0, 0.1) is 5.92 Å². The van der Waals surface area contributed by atoms with Crippen molar-refractivity contribution in [2.75, 3.05) is 6.61 Å². The van der Waals surface area contributed by atoms with Crippen molar-refractivity contribution in [2.24, 2.45) is 5.92 Å². The smallest absolute Gasteiger partial charge is 0.267 e. The zero-order valence-electron chi connectivity index (χ0n) is 33.6.